The molecule has 0 spiro atoms. The molecule has 8 heteroatoms. The maximum absolute atomic E-state index is 12.6. The Kier molecular flexibility index (Phi) is 4.45. The number of nitrogens with zero attached hydrogens (tertiary/aromatic N) is 2. The van der Waals surface area contributed by atoms with Crippen LogP contribution in [0.5, 0.6) is 0 Å². The molecule has 0 N–H and O–H groups in total. The third-order valence-electron chi connectivity index (χ3n) is 5.10. The SMILES string of the molecule is COC(=O)C12Cc3cc(Cl)ccc3C1=N[N+](Cc1ccccc1)(C(=O)[O-])CO2. The van der Waals surface area contributed by atoms with Crippen molar-refractivity contribution in [2.75, 3.05) is 13.8 Å². The van der Waals surface area contributed by atoms with Crippen LogP contribution in [0.25, 0.3) is 0 Å². The van der Waals surface area contributed by atoms with Crippen LogP contribution in [0.2, 0.25) is 5.02 Å². The fourth-order valence-corrected chi connectivity index (χ4v) is 3.91. The highest BCUT2D eigenvalue weighted by atomic mass is 35.5. The second-order valence-corrected chi connectivity index (χ2v) is 7.29. The van der Waals surface area contributed by atoms with Crippen molar-refractivity contribution in [1.29, 1.82) is 0 Å². The summed E-state index contributed by atoms with van der Waals surface area (Å²) in [6.07, 6.45) is -1.25. The number of esters is 1. The number of carbonyl (C=O) groups is 2. The number of hydrogen-bond acceptors (Lipinski definition) is 6. The van der Waals surface area contributed by atoms with Crippen molar-refractivity contribution in [3.63, 3.8) is 0 Å². The number of methoxy groups -OCH3 is 1. The molecule has 0 saturated heterocycles. The second kappa shape index (κ2) is 6.70. The van der Waals surface area contributed by atoms with Crippen LogP contribution >= 0.6 is 11.6 Å². The van der Waals surface area contributed by atoms with Crippen molar-refractivity contribution in [3.05, 3.63) is 70.2 Å². The lowest BCUT2D eigenvalue weighted by Crippen LogP contribution is -2.64. The zero-order chi connectivity index (χ0) is 19.9. The molecular formula is C20H17ClN2O5. The summed E-state index contributed by atoms with van der Waals surface area (Å²) in [4.78, 5) is 24.7. The predicted octanol–water partition coefficient (Wildman–Crippen LogP) is 1.86. The Morgan fingerprint density at radius 2 is 2.04 bits per heavy atom. The zero-order valence-electron chi connectivity index (χ0n) is 15.1. The number of amides is 1. The number of carbonyl (C=O) groups excluding carboxylic acids is 2. The van der Waals surface area contributed by atoms with Crippen molar-refractivity contribution in [2.24, 2.45) is 5.10 Å². The van der Waals surface area contributed by atoms with Gasteiger partial charge in [-0.25, -0.2) is 4.79 Å². The molecule has 0 bridgehead atoms. The largest absolute Gasteiger partial charge is 0.496 e. The zero-order valence-corrected chi connectivity index (χ0v) is 15.8. The maximum atomic E-state index is 12.6. The molecule has 2 atom stereocenters. The molecule has 0 radical (unpaired) electrons. The van der Waals surface area contributed by atoms with Crippen molar-refractivity contribution in [3.8, 4) is 0 Å². The lowest BCUT2D eigenvalue weighted by atomic mass is 9.97. The summed E-state index contributed by atoms with van der Waals surface area (Å²) in [5.41, 5.74) is 0.841. The molecule has 7 nitrogen and oxygen atoms in total. The van der Waals surface area contributed by atoms with Gasteiger partial charge in [-0.15, -0.1) is 4.59 Å². The molecule has 0 saturated carbocycles. The Balaban J connectivity index is 1.88. The Hall–Kier alpha value is -2.74. The van der Waals surface area contributed by atoms with Gasteiger partial charge in [-0.2, -0.15) is 0 Å². The van der Waals surface area contributed by atoms with E-state index in [0.717, 1.165) is 11.1 Å². The van der Waals surface area contributed by atoms with Gasteiger partial charge in [0.1, 0.15) is 12.3 Å². The topological polar surface area (TPSA) is 88.0 Å². The van der Waals surface area contributed by atoms with Gasteiger partial charge in [-0.1, -0.05) is 53.1 Å². The third-order valence-corrected chi connectivity index (χ3v) is 5.34. The molecule has 1 amide bonds. The lowest BCUT2D eigenvalue weighted by Gasteiger charge is -2.40. The first-order valence-corrected chi connectivity index (χ1v) is 9.02. The molecule has 0 aromatic heterocycles. The van der Waals surface area contributed by atoms with E-state index in [4.69, 9.17) is 21.1 Å². The summed E-state index contributed by atoms with van der Waals surface area (Å²) in [5, 5.41) is 17.1. The molecule has 144 valence electrons. The van der Waals surface area contributed by atoms with E-state index in [1.165, 1.54) is 7.11 Å². The summed E-state index contributed by atoms with van der Waals surface area (Å²) in [6, 6.07) is 14.1. The highest BCUT2D eigenvalue weighted by Crippen LogP contribution is 2.40. The number of hydrogen-bond donors (Lipinski definition) is 0. The van der Waals surface area contributed by atoms with Crippen molar-refractivity contribution in [1.82, 2.24) is 0 Å². The van der Waals surface area contributed by atoms with E-state index in [1.807, 2.05) is 18.2 Å². The van der Waals surface area contributed by atoms with Gasteiger partial charge in [0.25, 0.3) is 6.09 Å². The average molecular weight is 401 g/mol. The first-order chi connectivity index (χ1) is 13.4. The third kappa shape index (κ3) is 2.79. The van der Waals surface area contributed by atoms with Crippen LogP contribution in [0.1, 0.15) is 16.7 Å². The minimum absolute atomic E-state index is 0.0207. The first-order valence-electron chi connectivity index (χ1n) is 8.65. The van der Waals surface area contributed by atoms with E-state index in [-0.39, 0.29) is 25.4 Å². The molecule has 1 aliphatic carbocycles. The number of quaternary nitrogens is 1. The number of carboxylic acid groups (broad SMARTS) is 1. The number of ether oxygens (including phenoxy) is 2. The van der Waals surface area contributed by atoms with Crippen LogP contribution in [0, 0.1) is 0 Å². The summed E-state index contributed by atoms with van der Waals surface area (Å²) in [5.74, 6) is -0.630. The first kappa shape index (κ1) is 18.6. The fraction of sp³-hybridized carbons (Fsp3) is 0.250. The lowest BCUT2D eigenvalue weighted by molar-refractivity contribution is -0.917. The predicted molar refractivity (Wildman–Crippen MR) is 98.2 cm³/mol. The van der Waals surface area contributed by atoms with Gasteiger partial charge < -0.3 is 19.4 Å². The number of fused-ring (bicyclic) bond motifs is 3. The molecule has 0 fully saturated rings. The van der Waals surface area contributed by atoms with E-state index in [9.17, 15) is 14.7 Å². The van der Waals surface area contributed by atoms with Crippen LogP contribution in [0.4, 0.5) is 4.79 Å². The van der Waals surface area contributed by atoms with Gasteiger partial charge in [-0.3, -0.25) is 0 Å². The smallest absolute Gasteiger partial charge is 0.345 e. The van der Waals surface area contributed by atoms with Crippen molar-refractivity contribution < 1.29 is 28.8 Å². The average Bonchev–Trinajstić information content (AvgIpc) is 3.01. The van der Waals surface area contributed by atoms with Gasteiger partial charge in [-0.05, 0) is 17.7 Å². The molecule has 1 heterocycles. The Labute approximate surface area is 166 Å². The fourth-order valence-electron chi connectivity index (χ4n) is 3.72. The van der Waals surface area contributed by atoms with Gasteiger partial charge in [0.2, 0.25) is 12.3 Å². The molecule has 2 aromatic rings. The molecule has 2 aromatic carbocycles. The van der Waals surface area contributed by atoms with Gasteiger partial charge >= 0.3 is 5.97 Å². The maximum Gasteiger partial charge on any atom is 0.345 e. The van der Waals surface area contributed by atoms with E-state index >= 15 is 0 Å². The minimum Gasteiger partial charge on any atom is -0.496 e. The van der Waals surface area contributed by atoms with E-state index in [0.29, 0.717) is 10.6 Å². The normalized spacial score (nSPS) is 25.4. The van der Waals surface area contributed by atoms with E-state index in [1.54, 1.807) is 30.3 Å². The second-order valence-electron chi connectivity index (χ2n) is 6.85. The van der Waals surface area contributed by atoms with Crippen LogP contribution in [-0.4, -0.2) is 41.8 Å². The quantitative estimate of drug-likeness (QED) is 0.579. The molecule has 2 aliphatic rings. The molecular weight excluding hydrogens is 384 g/mol. The van der Waals surface area contributed by atoms with Crippen LogP contribution in [0.15, 0.2) is 53.6 Å². The van der Waals surface area contributed by atoms with Gasteiger partial charge in [0, 0.05) is 22.6 Å². The number of benzene rings is 2. The molecule has 28 heavy (non-hydrogen) atoms. The summed E-state index contributed by atoms with van der Waals surface area (Å²) < 4.78 is 10.0. The van der Waals surface area contributed by atoms with Crippen molar-refractivity contribution in [2.45, 2.75) is 18.6 Å². The molecule has 4 rings (SSSR count). The molecule has 1 aliphatic heterocycles. The van der Waals surface area contributed by atoms with Crippen LogP contribution in [0.3, 0.4) is 0 Å². The Bertz CT molecular complexity index is 993. The van der Waals surface area contributed by atoms with E-state index in [2.05, 4.69) is 5.10 Å². The number of halogens is 1. The highest BCUT2D eigenvalue weighted by molar-refractivity contribution is 6.31. The summed E-state index contributed by atoms with van der Waals surface area (Å²) in [7, 11) is 1.26. The molecule has 2 unspecified atom stereocenters. The Morgan fingerprint density at radius 3 is 2.71 bits per heavy atom. The van der Waals surface area contributed by atoms with Crippen LogP contribution < -0.4 is 5.11 Å². The highest BCUT2D eigenvalue weighted by Gasteiger charge is 2.58. The monoisotopic (exact) mass is 400 g/mol. The standard InChI is InChI=1S/C20H17ClN2O5/c1-27-18(24)20-10-14-9-15(21)7-8-16(14)17(20)22-23(12-28-20,19(25)26)11-13-5-3-2-4-6-13/h2-9H,10-12H2,1H3. The summed E-state index contributed by atoms with van der Waals surface area (Å²) in [6.45, 7) is -0.343. The van der Waals surface area contributed by atoms with Crippen LogP contribution in [-0.2, 0) is 27.2 Å². The van der Waals surface area contributed by atoms with Gasteiger partial charge in [0.15, 0.2) is 0 Å². The van der Waals surface area contributed by atoms with E-state index < -0.39 is 22.3 Å². The van der Waals surface area contributed by atoms with Crippen molar-refractivity contribution >= 4 is 29.4 Å². The summed E-state index contributed by atoms with van der Waals surface area (Å²) >= 11 is 6.09. The number of rotatable bonds is 3. The van der Waals surface area contributed by atoms with Gasteiger partial charge in [0.05, 0.1) is 7.11 Å². The minimum atomic E-state index is -1.49. The Morgan fingerprint density at radius 1 is 1.29 bits per heavy atom.